The topological polar surface area (TPSA) is 56.8 Å². The Kier molecular flexibility index (Phi) is 8.51. The van der Waals surface area contributed by atoms with E-state index in [4.69, 9.17) is 15.9 Å². The summed E-state index contributed by atoms with van der Waals surface area (Å²) in [7, 11) is 1.52. The summed E-state index contributed by atoms with van der Waals surface area (Å²) >= 11 is 0. The first kappa shape index (κ1) is 21.8. The molecule has 0 saturated carbocycles. The summed E-state index contributed by atoms with van der Waals surface area (Å²) in [5.41, 5.74) is 1.38. The Labute approximate surface area is 168 Å². The molecule has 29 heavy (non-hydrogen) atoms. The molecule has 0 aliphatic carbocycles. The van der Waals surface area contributed by atoms with E-state index in [0.29, 0.717) is 23.5 Å². The maximum atomic E-state index is 12.5. The van der Waals surface area contributed by atoms with E-state index in [0.717, 1.165) is 11.8 Å². The number of carbonyl (C=O) groups is 1. The molecule has 2 rings (SSSR count). The summed E-state index contributed by atoms with van der Waals surface area (Å²) in [5, 5.41) is 2.71. The zero-order chi connectivity index (χ0) is 21.1. The molecular weight excluding hydrogens is 380 g/mol. The average molecular weight is 401 g/mol. The van der Waals surface area contributed by atoms with Gasteiger partial charge >= 0.3 is 6.61 Å². The van der Waals surface area contributed by atoms with Gasteiger partial charge < -0.3 is 19.5 Å². The van der Waals surface area contributed by atoms with Crippen LogP contribution in [0.4, 0.5) is 8.78 Å². The van der Waals surface area contributed by atoms with Crippen LogP contribution >= 0.6 is 0 Å². The number of nitrogens with one attached hydrogen (secondary N) is 1. The van der Waals surface area contributed by atoms with Crippen molar-refractivity contribution in [3.8, 4) is 23.8 Å². The monoisotopic (exact) mass is 401 g/mol. The minimum Gasteiger partial charge on any atom is -0.493 e. The molecule has 0 bridgehead atoms. The van der Waals surface area contributed by atoms with Crippen LogP contribution < -0.4 is 14.8 Å². The van der Waals surface area contributed by atoms with Crippen LogP contribution in [-0.4, -0.2) is 32.8 Å². The van der Waals surface area contributed by atoms with Crippen molar-refractivity contribution < 1.29 is 27.8 Å². The Hall–Kier alpha value is -3.53. The number of carbonyl (C=O) groups excluding carboxylic acids is 1. The zero-order valence-corrected chi connectivity index (χ0v) is 15.9. The third kappa shape index (κ3) is 6.85. The van der Waals surface area contributed by atoms with Crippen molar-refractivity contribution in [1.29, 1.82) is 0 Å². The summed E-state index contributed by atoms with van der Waals surface area (Å²) in [5.74, 6) is 2.92. The maximum Gasteiger partial charge on any atom is 0.386 e. The van der Waals surface area contributed by atoms with E-state index in [1.54, 1.807) is 42.5 Å². The van der Waals surface area contributed by atoms with Crippen molar-refractivity contribution in [3.63, 3.8) is 0 Å². The number of rotatable bonds is 10. The summed E-state index contributed by atoms with van der Waals surface area (Å²) in [6, 6.07) is 13.8. The van der Waals surface area contributed by atoms with Crippen molar-refractivity contribution in [2.75, 3.05) is 20.3 Å². The van der Waals surface area contributed by atoms with Gasteiger partial charge in [0.15, 0.2) is 11.5 Å². The number of amides is 1. The Balaban J connectivity index is 2.01. The molecule has 152 valence electrons. The molecule has 2 aromatic rings. The first-order chi connectivity index (χ1) is 14.0. The lowest BCUT2D eigenvalue weighted by Crippen LogP contribution is -2.26. The Morgan fingerprint density at radius 3 is 2.62 bits per heavy atom. The molecule has 1 amide bonds. The molecule has 0 aromatic heterocycles. The first-order valence-corrected chi connectivity index (χ1v) is 8.75. The number of halogens is 2. The van der Waals surface area contributed by atoms with Gasteiger partial charge in [0.05, 0.1) is 12.7 Å². The quantitative estimate of drug-likeness (QED) is 0.375. The van der Waals surface area contributed by atoms with Crippen molar-refractivity contribution in [1.82, 2.24) is 5.32 Å². The fourth-order valence-corrected chi connectivity index (χ4v) is 2.51. The number of methoxy groups -OCH3 is 1. The highest BCUT2D eigenvalue weighted by atomic mass is 19.3. The van der Waals surface area contributed by atoms with E-state index >= 15 is 0 Å². The summed E-state index contributed by atoms with van der Waals surface area (Å²) in [6.07, 6.45) is 6.45. The molecule has 0 heterocycles. The lowest BCUT2D eigenvalue weighted by molar-refractivity contribution is -0.116. The fraction of sp³-hybridized carbons (Fsp3) is 0.227. The van der Waals surface area contributed by atoms with E-state index in [1.807, 2.05) is 6.07 Å². The SMILES string of the molecule is C#CCOc1ccc(CCNC(=O)C(=COC(F)F)c2ccccc2)cc1OC. The van der Waals surface area contributed by atoms with E-state index in [2.05, 4.69) is 16.0 Å². The van der Waals surface area contributed by atoms with Crippen LogP contribution in [-0.2, 0) is 16.0 Å². The van der Waals surface area contributed by atoms with Gasteiger partial charge in [0.2, 0.25) is 0 Å². The second-order valence-corrected chi connectivity index (χ2v) is 5.78. The number of hydrogen-bond acceptors (Lipinski definition) is 4. The molecule has 0 atom stereocenters. The normalized spacial score (nSPS) is 10.9. The highest BCUT2D eigenvalue weighted by Gasteiger charge is 2.14. The third-order valence-corrected chi connectivity index (χ3v) is 3.86. The number of ether oxygens (including phenoxy) is 3. The van der Waals surface area contributed by atoms with E-state index in [1.165, 1.54) is 7.11 Å². The van der Waals surface area contributed by atoms with Crippen molar-refractivity contribution in [3.05, 3.63) is 65.9 Å². The van der Waals surface area contributed by atoms with Gasteiger partial charge in [-0.1, -0.05) is 42.3 Å². The molecule has 0 fully saturated rings. The molecular formula is C22H21F2NO4. The fourth-order valence-electron chi connectivity index (χ4n) is 2.51. The molecule has 0 saturated heterocycles. The minimum atomic E-state index is -3.01. The molecule has 0 aliphatic heterocycles. The molecule has 1 N–H and O–H groups in total. The van der Waals surface area contributed by atoms with Gasteiger partial charge in [-0.05, 0) is 29.7 Å². The molecule has 0 unspecified atom stereocenters. The van der Waals surface area contributed by atoms with Gasteiger partial charge in [-0.15, -0.1) is 6.42 Å². The second-order valence-electron chi connectivity index (χ2n) is 5.78. The van der Waals surface area contributed by atoms with Crippen molar-refractivity contribution in [2.24, 2.45) is 0 Å². The zero-order valence-electron chi connectivity index (χ0n) is 15.9. The summed E-state index contributed by atoms with van der Waals surface area (Å²) in [6.45, 7) is -2.60. The number of benzene rings is 2. The van der Waals surface area contributed by atoms with Gasteiger partial charge in [0, 0.05) is 6.54 Å². The highest BCUT2D eigenvalue weighted by molar-refractivity contribution is 6.19. The average Bonchev–Trinajstić information content (AvgIpc) is 2.73. The Morgan fingerprint density at radius 2 is 1.97 bits per heavy atom. The smallest absolute Gasteiger partial charge is 0.386 e. The number of alkyl halides is 2. The lowest BCUT2D eigenvalue weighted by Gasteiger charge is -2.12. The van der Waals surface area contributed by atoms with E-state index in [9.17, 15) is 13.6 Å². The van der Waals surface area contributed by atoms with Crippen LogP contribution in [0, 0.1) is 12.3 Å². The van der Waals surface area contributed by atoms with Crippen LogP contribution in [0.25, 0.3) is 5.57 Å². The predicted octanol–water partition coefficient (Wildman–Crippen LogP) is 3.65. The highest BCUT2D eigenvalue weighted by Crippen LogP contribution is 2.28. The largest absolute Gasteiger partial charge is 0.493 e. The van der Waals surface area contributed by atoms with Crippen LogP contribution in [0.5, 0.6) is 11.5 Å². The Bertz CT molecular complexity index is 876. The predicted molar refractivity (Wildman–Crippen MR) is 106 cm³/mol. The van der Waals surface area contributed by atoms with Gasteiger partial charge in [-0.2, -0.15) is 8.78 Å². The first-order valence-electron chi connectivity index (χ1n) is 8.75. The van der Waals surface area contributed by atoms with Gasteiger partial charge in [0.1, 0.15) is 12.9 Å². The molecule has 2 aromatic carbocycles. The standard InChI is InChI=1S/C22H21F2NO4/c1-3-13-28-19-10-9-16(14-20(19)27-2)11-12-25-21(26)18(15-29-22(23)24)17-7-5-4-6-8-17/h1,4-10,14-15,22H,11-13H2,2H3,(H,25,26). The summed E-state index contributed by atoms with van der Waals surface area (Å²) in [4.78, 5) is 12.5. The third-order valence-electron chi connectivity index (χ3n) is 3.86. The van der Waals surface area contributed by atoms with Crippen molar-refractivity contribution >= 4 is 11.5 Å². The second kappa shape index (κ2) is 11.3. The van der Waals surface area contributed by atoms with Crippen LogP contribution in [0.3, 0.4) is 0 Å². The van der Waals surface area contributed by atoms with Gasteiger partial charge in [-0.25, -0.2) is 0 Å². The molecule has 7 heteroatoms. The number of terminal acetylenes is 1. The molecule has 0 radical (unpaired) electrons. The molecule has 5 nitrogen and oxygen atoms in total. The van der Waals surface area contributed by atoms with Crippen LogP contribution in [0.15, 0.2) is 54.8 Å². The van der Waals surface area contributed by atoms with E-state index in [-0.39, 0.29) is 18.7 Å². The maximum absolute atomic E-state index is 12.5. The molecule has 0 aliphatic rings. The van der Waals surface area contributed by atoms with Gasteiger partial charge in [0.25, 0.3) is 5.91 Å². The lowest BCUT2D eigenvalue weighted by atomic mass is 10.1. The van der Waals surface area contributed by atoms with E-state index < -0.39 is 12.5 Å². The molecule has 0 spiro atoms. The number of hydrogen-bond donors (Lipinski definition) is 1. The Morgan fingerprint density at radius 1 is 1.21 bits per heavy atom. The van der Waals surface area contributed by atoms with Crippen molar-refractivity contribution in [2.45, 2.75) is 13.0 Å². The summed E-state index contributed by atoms with van der Waals surface area (Å²) < 4.78 is 39.7. The van der Waals surface area contributed by atoms with Crippen LogP contribution in [0.2, 0.25) is 0 Å². The van der Waals surface area contributed by atoms with Crippen LogP contribution in [0.1, 0.15) is 11.1 Å². The minimum absolute atomic E-state index is 0.0153. The van der Waals surface area contributed by atoms with Gasteiger partial charge in [-0.3, -0.25) is 4.79 Å².